The molecule has 116 valence electrons. The van der Waals surface area contributed by atoms with E-state index in [1.807, 2.05) is 49.4 Å². The van der Waals surface area contributed by atoms with Crippen LogP contribution < -0.4 is 4.90 Å². The highest BCUT2D eigenvalue weighted by Crippen LogP contribution is 2.30. The van der Waals surface area contributed by atoms with E-state index in [0.717, 1.165) is 28.1 Å². The van der Waals surface area contributed by atoms with Crippen molar-refractivity contribution in [2.75, 3.05) is 18.0 Å². The van der Waals surface area contributed by atoms with E-state index in [9.17, 15) is 4.79 Å². The topological polar surface area (TPSA) is 32.7 Å². The summed E-state index contributed by atoms with van der Waals surface area (Å²) in [6.07, 6.45) is 0. The number of benzodiazepines with no additional fused rings is 1. The number of amides is 1. The van der Waals surface area contributed by atoms with Crippen LogP contribution in [0.1, 0.15) is 18.1 Å². The fourth-order valence-corrected chi connectivity index (χ4v) is 2.84. The smallest absolute Gasteiger partial charge is 0.248 e. The fourth-order valence-electron chi connectivity index (χ4n) is 2.67. The third-order valence-corrected chi connectivity index (χ3v) is 3.89. The molecule has 3 rings (SSSR count). The lowest BCUT2D eigenvalue weighted by Crippen LogP contribution is -2.33. The third-order valence-electron chi connectivity index (χ3n) is 3.65. The van der Waals surface area contributed by atoms with Gasteiger partial charge in [0.05, 0.1) is 11.4 Å². The minimum atomic E-state index is -0.0393. The number of aliphatic imine (C=N–C) groups is 1. The van der Waals surface area contributed by atoms with E-state index in [1.165, 1.54) is 0 Å². The molecule has 0 fully saturated rings. The first-order valence-corrected chi connectivity index (χ1v) is 7.78. The van der Waals surface area contributed by atoms with Crippen molar-refractivity contribution in [2.24, 2.45) is 4.99 Å². The van der Waals surface area contributed by atoms with Crippen molar-refractivity contribution in [3.8, 4) is 0 Å². The van der Waals surface area contributed by atoms with Gasteiger partial charge in [-0.25, -0.2) is 0 Å². The van der Waals surface area contributed by atoms with Crippen molar-refractivity contribution >= 4 is 28.9 Å². The zero-order valence-corrected chi connectivity index (χ0v) is 13.7. The third kappa shape index (κ3) is 3.20. The minimum Gasteiger partial charge on any atom is -0.306 e. The summed E-state index contributed by atoms with van der Waals surface area (Å²) in [4.78, 5) is 18.8. The van der Waals surface area contributed by atoms with Gasteiger partial charge in [0.1, 0.15) is 6.54 Å². The van der Waals surface area contributed by atoms with Crippen LogP contribution >= 0.6 is 11.6 Å². The summed E-state index contributed by atoms with van der Waals surface area (Å²) >= 11 is 6.20. The zero-order valence-electron chi connectivity index (χ0n) is 12.9. The Labute approximate surface area is 140 Å². The lowest BCUT2D eigenvalue weighted by molar-refractivity contribution is -0.117. The van der Waals surface area contributed by atoms with Crippen molar-refractivity contribution in [3.63, 3.8) is 0 Å². The Morgan fingerprint density at radius 1 is 1.26 bits per heavy atom. The maximum absolute atomic E-state index is 12.5. The molecular formula is C19H17ClN2O. The lowest BCUT2D eigenvalue weighted by Gasteiger charge is -2.23. The fraction of sp³-hybridized carbons (Fsp3) is 0.158. The Balaban J connectivity index is 2.18. The van der Waals surface area contributed by atoms with Gasteiger partial charge < -0.3 is 4.90 Å². The SMILES string of the molecule is C=C(C)CN1C(=O)CN=C(c2ccccc2)c2cc(Cl)ccc21. The van der Waals surface area contributed by atoms with Crippen LogP contribution in [0.15, 0.2) is 65.7 Å². The molecule has 0 bridgehead atoms. The van der Waals surface area contributed by atoms with Gasteiger partial charge in [0.15, 0.2) is 0 Å². The molecule has 0 saturated heterocycles. The van der Waals surface area contributed by atoms with Gasteiger partial charge in [-0.2, -0.15) is 0 Å². The van der Waals surface area contributed by atoms with E-state index < -0.39 is 0 Å². The molecule has 1 aliphatic heterocycles. The molecule has 0 N–H and O–H groups in total. The monoisotopic (exact) mass is 324 g/mol. The number of carbonyl (C=O) groups is 1. The molecule has 1 aliphatic rings. The van der Waals surface area contributed by atoms with Crippen LogP contribution in [-0.4, -0.2) is 24.7 Å². The summed E-state index contributed by atoms with van der Waals surface area (Å²) in [6, 6.07) is 15.4. The molecule has 2 aromatic carbocycles. The highest BCUT2D eigenvalue weighted by atomic mass is 35.5. The van der Waals surface area contributed by atoms with Crippen molar-refractivity contribution in [2.45, 2.75) is 6.92 Å². The van der Waals surface area contributed by atoms with E-state index in [0.29, 0.717) is 11.6 Å². The minimum absolute atomic E-state index is 0.0393. The molecule has 0 aromatic heterocycles. The Bertz CT molecular complexity index is 796. The van der Waals surface area contributed by atoms with Crippen LogP contribution in [-0.2, 0) is 4.79 Å². The summed E-state index contributed by atoms with van der Waals surface area (Å²) in [5.41, 5.74) is 4.38. The quantitative estimate of drug-likeness (QED) is 0.782. The van der Waals surface area contributed by atoms with Crippen LogP contribution in [0.2, 0.25) is 5.02 Å². The maximum Gasteiger partial charge on any atom is 0.248 e. The van der Waals surface area contributed by atoms with Gasteiger partial charge in [0.25, 0.3) is 0 Å². The second kappa shape index (κ2) is 6.39. The summed E-state index contributed by atoms with van der Waals surface area (Å²) in [7, 11) is 0. The predicted octanol–water partition coefficient (Wildman–Crippen LogP) is 4.10. The average molecular weight is 325 g/mol. The highest BCUT2D eigenvalue weighted by molar-refractivity contribution is 6.32. The molecule has 1 heterocycles. The van der Waals surface area contributed by atoms with E-state index in [4.69, 9.17) is 11.6 Å². The van der Waals surface area contributed by atoms with Gasteiger partial charge >= 0.3 is 0 Å². The number of hydrogen-bond acceptors (Lipinski definition) is 2. The first kappa shape index (κ1) is 15.5. The van der Waals surface area contributed by atoms with Crippen LogP contribution in [0.25, 0.3) is 0 Å². The van der Waals surface area contributed by atoms with Crippen LogP contribution in [0.3, 0.4) is 0 Å². The normalized spacial score (nSPS) is 14.1. The van der Waals surface area contributed by atoms with Crippen LogP contribution in [0, 0.1) is 0 Å². The van der Waals surface area contributed by atoms with Crippen LogP contribution in [0.4, 0.5) is 5.69 Å². The molecule has 0 spiro atoms. The Morgan fingerprint density at radius 3 is 2.70 bits per heavy atom. The first-order valence-electron chi connectivity index (χ1n) is 7.41. The van der Waals surface area contributed by atoms with Crippen molar-refractivity contribution in [1.29, 1.82) is 0 Å². The second-order valence-electron chi connectivity index (χ2n) is 5.63. The summed E-state index contributed by atoms with van der Waals surface area (Å²) < 4.78 is 0. The maximum atomic E-state index is 12.5. The lowest BCUT2D eigenvalue weighted by atomic mass is 10.00. The number of rotatable bonds is 3. The van der Waals surface area contributed by atoms with Gasteiger partial charge in [-0.05, 0) is 25.1 Å². The number of halogens is 1. The molecule has 3 nitrogen and oxygen atoms in total. The molecule has 0 saturated carbocycles. The molecule has 1 amide bonds. The van der Waals surface area contributed by atoms with Crippen molar-refractivity contribution in [3.05, 3.63) is 76.8 Å². The standard InChI is InChI=1S/C19H17ClN2O/c1-13(2)12-22-17-9-8-15(20)10-16(17)19(21-11-18(22)23)14-6-4-3-5-7-14/h3-10H,1,11-12H2,2H3. The van der Waals surface area contributed by atoms with Crippen LogP contribution in [0.5, 0.6) is 0 Å². The number of fused-ring (bicyclic) bond motifs is 1. The van der Waals surface area contributed by atoms with Gasteiger partial charge in [0.2, 0.25) is 5.91 Å². The predicted molar refractivity (Wildman–Crippen MR) is 95.6 cm³/mol. The highest BCUT2D eigenvalue weighted by Gasteiger charge is 2.25. The Hall–Kier alpha value is -2.39. The molecule has 0 aliphatic carbocycles. The van der Waals surface area contributed by atoms with Gasteiger partial charge in [-0.3, -0.25) is 9.79 Å². The number of anilines is 1. The molecular weight excluding hydrogens is 308 g/mol. The molecule has 23 heavy (non-hydrogen) atoms. The van der Waals surface area contributed by atoms with Crippen molar-refractivity contribution in [1.82, 2.24) is 0 Å². The Morgan fingerprint density at radius 2 is 2.00 bits per heavy atom. The Kier molecular flexibility index (Phi) is 4.30. The first-order chi connectivity index (χ1) is 11.1. The number of carbonyl (C=O) groups excluding carboxylic acids is 1. The van der Waals surface area contributed by atoms with Gasteiger partial charge in [-0.15, -0.1) is 0 Å². The summed E-state index contributed by atoms with van der Waals surface area (Å²) in [5.74, 6) is -0.0393. The van der Waals surface area contributed by atoms with E-state index in [-0.39, 0.29) is 12.5 Å². The molecule has 2 aromatic rings. The number of nitrogens with zero attached hydrogens (tertiary/aromatic N) is 2. The summed E-state index contributed by atoms with van der Waals surface area (Å²) in [6.45, 7) is 6.43. The van der Waals surface area contributed by atoms with Crippen molar-refractivity contribution < 1.29 is 4.79 Å². The largest absolute Gasteiger partial charge is 0.306 e. The van der Waals surface area contributed by atoms with E-state index in [2.05, 4.69) is 11.6 Å². The zero-order chi connectivity index (χ0) is 16.4. The molecule has 0 unspecified atom stereocenters. The van der Waals surface area contributed by atoms with Gasteiger partial charge in [-0.1, -0.05) is 54.1 Å². The molecule has 4 heteroatoms. The number of hydrogen-bond donors (Lipinski definition) is 0. The van der Waals surface area contributed by atoms with E-state index >= 15 is 0 Å². The van der Waals surface area contributed by atoms with E-state index in [1.54, 1.807) is 11.0 Å². The second-order valence-corrected chi connectivity index (χ2v) is 6.07. The molecule has 0 radical (unpaired) electrons. The average Bonchev–Trinajstić information content (AvgIpc) is 2.66. The number of benzene rings is 2. The molecule has 0 atom stereocenters. The van der Waals surface area contributed by atoms with Gasteiger partial charge in [0, 0.05) is 22.7 Å². The summed E-state index contributed by atoms with van der Waals surface area (Å²) in [5, 5.41) is 0.622.